The third-order valence-corrected chi connectivity index (χ3v) is 2.82. The highest BCUT2D eigenvalue weighted by molar-refractivity contribution is 8.00. The van der Waals surface area contributed by atoms with Gasteiger partial charge in [0, 0.05) is 15.7 Å². The molecule has 1 rings (SSSR count). The third-order valence-electron chi connectivity index (χ3n) is 1.72. The summed E-state index contributed by atoms with van der Waals surface area (Å²) in [7, 11) is 0. The van der Waals surface area contributed by atoms with Crippen LogP contribution < -0.4 is 0 Å². The van der Waals surface area contributed by atoms with Gasteiger partial charge in [-0.1, -0.05) is 26.0 Å². The minimum absolute atomic E-state index is 0.0396. The van der Waals surface area contributed by atoms with Crippen molar-refractivity contribution in [1.29, 1.82) is 0 Å². The van der Waals surface area contributed by atoms with Gasteiger partial charge in [0.15, 0.2) is 5.69 Å². The number of halogens is 2. The quantitative estimate of drug-likeness (QED) is 0.536. The molecule has 0 aliphatic carbocycles. The van der Waals surface area contributed by atoms with Crippen LogP contribution in [0.1, 0.15) is 25.8 Å². The van der Waals surface area contributed by atoms with Gasteiger partial charge in [0.2, 0.25) is 0 Å². The van der Waals surface area contributed by atoms with E-state index in [-0.39, 0.29) is 16.5 Å². The Bertz CT molecular complexity index is 383. The Balaban J connectivity index is 3.11. The molecule has 0 unspecified atom stereocenters. The second-order valence-corrected chi connectivity index (χ2v) is 4.92. The molecule has 0 amide bonds. The minimum atomic E-state index is -2.52. The molecular formula is C11H11F2NS. The first kappa shape index (κ1) is 12.0. The van der Waals surface area contributed by atoms with Gasteiger partial charge in [-0.25, -0.2) is 13.6 Å². The van der Waals surface area contributed by atoms with Gasteiger partial charge >= 0.3 is 0 Å². The lowest BCUT2D eigenvalue weighted by Gasteiger charge is -2.10. The topological polar surface area (TPSA) is 4.36 Å². The van der Waals surface area contributed by atoms with Crippen molar-refractivity contribution in [2.24, 2.45) is 0 Å². The maximum Gasteiger partial charge on any atom is 0.263 e. The summed E-state index contributed by atoms with van der Waals surface area (Å²) in [5.41, 5.74) is 0.223. The van der Waals surface area contributed by atoms with Crippen LogP contribution in [-0.4, -0.2) is 5.25 Å². The van der Waals surface area contributed by atoms with E-state index in [9.17, 15) is 8.78 Å². The molecule has 4 heteroatoms. The molecule has 0 heterocycles. The van der Waals surface area contributed by atoms with E-state index in [0.29, 0.717) is 4.90 Å². The number of benzene rings is 1. The molecule has 1 aromatic carbocycles. The Labute approximate surface area is 92.3 Å². The Hall–Kier alpha value is -1.08. The van der Waals surface area contributed by atoms with E-state index in [1.54, 1.807) is 12.1 Å². The molecule has 0 saturated heterocycles. The zero-order valence-electron chi connectivity index (χ0n) is 8.50. The molecular weight excluding hydrogens is 216 g/mol. The van der Waals surface area contributed by atoms with E-state index in [2.05, 4.69) is 4.85 Å². The molecule has 0 aliphatic rings. The van der Waals surface area contributed by atoms with Crippen molar-refractivity contribution in [1.82, 2.24) is 0 Å². The highest BCUT2D eigenvalue weighted by Gasteiger charge is 2.14. The van der Waals surface area contributed by atoms with Crippen molar-refractivity contribution in [3.05, 3.63) is 35.2 Å². The molecule has 1 aromatic rings. The summed E-state index contributed by atoms with van der Waals surface area (Å²) in [5.74, 6) is 0. The van der Waals surface area contributed by atoms with Gasteiger partial charge < -0.3 is 0 Å². The molecule has 80 valence electrons. The van der Waals surface area contributed by atoms with Crippen LogP contribution in [0.5, 0.6) is 0 Å². The van der Waals surface area contributed by atoms with Gasteiger partial charge in [-0.05, 0) is 6.07 Å². The summed E-state index contributed by atoms with van der Waals surface area (Å²) in [6.45, 7) is 10.7. The average Bonchev–Trinajstić information content (AvgIpc) is 2.17. The van der Waals surface area contributed by atoms with E-state index in [0.717, 1.165) is 0 Å². The van der Waals surface area contributed by atoms with Gasteiger partial charge in [-0.2, -0.15) is 0 Å². The summed E-state index contributed by atoms with van der Waals surface area (Å²) in [5, 5.41) is 0.251. The Kier molecular flexibility index (Phi) is 4.10. The first-order valence-corrected chi connectivity index (χ1v) is 5.38. The lowest BCUT2D eigenvalue weighted by molar-refractivity contribution is 0.148. The second-order valence-electron chi connectivity index (χ2n) is 3.30. The molecule has 0 aliphatic heterocycles. The molecule has 0 spiro atoms. The molecule has 0 radical (unpaired) electrons. The lowest BCUT2D eigenvalue weighted by atomic mass is 10.2. The van der Waals surface area contributed by atoms with Crippen molar-refractivity contribution in [3.8, 4) is 0 Å². The fourth-order valence-electron chi connectivity index (χ4n) is 1.14. The van der Waals surface area contributed by atoms with Gasteiger partial charge in [0.1, 0.15) is 0 Å². The summed E-state index contributed by atoms with van der Waals surface area (Å²) >= 11 is 1.39. The van der Waals surface area contributed by atoms with Crippen molar-refractivity contribution in [2.75, 3.05) is 0 Å². The zero-order chi connectivity index (χ0) is 11.4. The summed E-state index contributed by atoms with van der Waals surface area (Å²) in [6, 6.07) is 4.44. The summed E-state index contributed by atoms with van der Waals surface area (Å²) < 4.78 is 25.4. The first-order chi connectivity index (χ1) is 7.04. The van der Waals surface area contributed by atoms with E-state index in [4.69, 9.17) is 6.57 Å². The van der Waals surface area contributed by atoms with E-state index in [1.807, 2.05) is 13.8 Å². The van der Waals surface area contributed by atoms with Crippen LogP contribution in [0.2, 0.25) is 0 Å². The molecule has 0 atom stereocenters. The largest absolute Gasteiger partial charge is 0.263 e. The number of hydrogen-bond acceptors (Lipinski definition) is 1. The van der Waals surface area contributed by atoms with Gasteiger partial charge in [-0.15, -0.1) is 11.8 Å². The van der Waals surface area contributed by atoms with Crippen molar-refractivity contribution >= 4 is 17.4 Å². The van der Waals surface area contributed by atoms with Gasteiger partial charge in [0.05, 0.1) is 6.57 Å². The molecule has 0 fully saturated rings. The lowest BCUT2D eigenvalue weighted by Crippen LogP contribution is -1.92. The maximum absolute atomic E-state index is 12.7. The molecule has 0 bridgehead atoms. The minimum Gasteiger partial charge on any atom is -0.238 e. The van der Waals surface area contributed by atoms with Crippen LogP contribution >= 0.6 is 11.8 Å². The number of nitrogens with zero attached hydrogens (tertiary/aromatic N) is 1. The predicted octanol–water partition coefficient (Wildman–Crippen LogP) is 4.68. The Morgan fingerprint density at radius 2 is 2.00 bits per heavy atom. The highest BCUT2D eigenvalue weighted by Crippen LogP contribution is 2.35. The molecule has 1 nitrogen and oxygen atoms in total. The standard InChI is InChI=1S/C11H11F2NS/c1-7(2)15-10-5-4-8(14-3)6-9(10)11(12)13/h4-7,11H,1-2H3. The smallest absolute Gasteiger partial charge is 0.238 e. The van der Waals surface area contributed by atoms with Crippen molar-refractivity contribution in [2.45, 2.75) is 30.4 Å². The fraction of sp³-hybridized carbons (Fsp3) is 0.364. The van der Waals surface area contributed by atoms with Crippen LogP contribution in [0.15, 0.2) is 23.1 Å². The number of rotatable bonds is 3. The van der Waals surface area contributed by atoms with E-state index < -0.39 is 6.43 Å². The SMILES string of the molecule is [C-]#[N+]c1ccc(SC(C)C)c(C(F)F)c1. The molecule has 0 N–H and O–H groups in total. The highest BCUT2D eigenvalue weighted by atomic mass is 32.2. The Morgan fingerprint density at radius 1 is 1.33 bits per heavy atom. The first-order valence-electron chi connectivity index (χ1n) is 4.50. The normalized spacial score (nSPS) is 10.7. The monoisotopic (exact) mass is 227 g/mol. The number of alkyl halides is 2. The molecule has 15 heavy (non-hydrogen) atoms. The Morgan fingerprint density at radius 3 is 2.47 bits per heavy atom. The maximum atomic E-state index is 12.7. The second kappa shape index (κ2) is 5.13. The van der Waals surface area contributed by atoms with Crippen LogP contribution in [-0.2, 0) is 0 Å². The zero-order valence-corrected chi connectivity index (χ0v) is 9.31. The average molecular weight is 227 g/mol. The summed E-state index contributed by atoms with van der Waals surface area (Å²) in [6.07, 6.45) is -2.52. The summed E-state index contributed by atoms with van der Waals surface area (Å²) in [4.78, 5) is 3.70. The predicted molar refractivity (Wildman–Crippen MR) is 58.7 cm³/mol. The van der Waals surface area contributed by atoms with Crippen LogP contribution in [0, 0.1) is 6.57 Å². The number of hydrogen-bond donors (Lipinski definition) is 0. The van der Waals surface area contributed by atoms with Gasteiger partial charge in [-0.3, -0.25) is 0 Å². The van der Waals surface area contributed by atoms with Gasteiger partial charge in [0.25, 0.3) is 6.43 Å². The fourth-order valence-corrected chi connectivity index (χ4v) is 2.08. The van der Waals surface area contributed by atoms with Crippen LogP contribution in [0.3, 0.4) is 0 Å². The van der Waals surface area contributed by atoms with Crippen molar-refractivity contribution < 1.29 is 8.78 Å². The number of thioether (sulfide) groups is 1. The molecule has 0 aromatic heterocycles. The van der Waals surface area contributed by atoms with Crippen LogP contribution in [0.25, 0.3) is 4.85 Å². The van der Waals surface area contributed by atoms with Crippen LogP contribution in [0.4, 0.5) is 14.5 Å². The van der Waals surface area contributed by atoms with E-state index >= 15 is 0 Å². The van der Waals surface area contributed by atoms with E-state index in [1.165, 1.54) is 17.8 Å². The molecule has 0 saturated carbocycles. The van der Waals surface area contributed by atoms with Crippen molar-refractivity contribution in [3.63, 3.8) is 0 Å². The third kappa shape index (κ3) is 3.21.